The zero-order chi connectivity index (χ0) is 12.8. The summed E-state index contributed by atoms with van der Waals surface area (Å²) < 4.78 is 13.3. The topological polar surface area (TPSA) is 12.0 Å². The molecule has 18 heavy (non-hydrogen) atoms. The minimum absolute atomic E-state index is 0.141. The third-order valence-electron chi connectivity index (χ3n) is 2.58. The quantitative estimate of drug-likeness (QED) is 0.635. The van der Waals surface area contributed by atoms with E-state index < -0.39 is 0 Å². The molecule has 0 atom stereocenters. The molecule has 3 heteroatoms. The number of nitrogens with one attached hydrogen (secondary N) is 1. The number of halogens is 1. The predicted octanol–water partition coefficient (Wildman–Crippen LogP) is 4.34. The fourth-order valence-corrected chi connectivity index (χ4v) is 2.39. The van der Waals surface area contributed by atoms with Gasteiger partial charge in [-0.3, -0.25) is 0 Å². The molecule has 0 aliphatic carbocycles. The Morgan fingerprint density at radius 3 is 2.50 bits per heavy atom. The summed E-state index contributed by atoms with van der Waals surface area (Å²) in [6.45, 7) is 2.89. The van der Waals surface area contributed by atoms with Crippen molar-refractivity contribution in [3.63, 3.8) is 0 Å². The van der Waals surface area contributed by atoms with Crippen molar-refractivity contribution < 1.29 is 4.39 Å². The fraction of sp³-hybridized carbons (Fsp3) is 0.200. The van der Waals surface area contributed by atoms with Gasteiger partial charge < -0.3 is 5.32 Å². The summed E-state index contributed by atoms with van der Waals surface area (Å²) in [5, 5.41) is 3.32. The Hall–Kier alpha value is -1.48. The van der Waals surface area contributed by atoms with E-state index in [2.05, 4.69) is 36.5 Å². The second kappa shape index (κ2) is 6.45. The number of hydrogen-bond donors (Lipinski definition) is 1. The number of hydrogen-bond acceptors (Lipinski definition) is 2. The molecule has 0 spiro atoms. The number of anilines is 1. The van der Waals surface area contributed by atoms with Crippen molar-refractivity contribution in [3.8, 4) is 0 Å². The standard InChI is InChI=1S/C15H16FNS/c1-12-6-8-13(9-7-12)17-10-11-18-15-5-3-2-4-14(15)16/h2-9,17H,10-11H2,1H3. The molecule has 0 fully saturated rings. The first-order valence-corrected chi connectivity index (χ1v) is 6.92. The summed E-state index contributed by atoms with van der Waals surface area (Å²) >= 11 is 1.53. The highest BCUT2D eigenvalue weighted by molar-refractivity contribution is 7.99. The van der Waals surface area contributed by atoms with Crippen LogP contribution in [0.1, 0.15) is 5.56 Å². The Morgan fingerprint density at radius 2 is 1.78 bits per heavy atom. The first-order valence-electron chi connectivity index (χ1n) is 5.93. The van der Waals surface area contributed by atoms with Crippen molar-refractivity contribution >= 4 is 17.4 Å². The maximum Gasteiger partial charge on any atom is 0.136 e. The fourth-order valence-electron chi connectivity index (χ4n) is 1.59. The Labute approximate surface area is 111 Å². The van der Waals surface area contributed by atoms with Gasteiger partial charge in [0.25, 0.3) is 0 Å². The maximum absolute atomic E-state index is 13.3. The molecule has 94 valence electrons. The minimum atomic E-state index is -0.141. The molecule has 1 N–H and O–H groups in total. The number of rotatable bonds is 5. The van der Waals surface area contributed by atoms with E-state index >= 15 is 0 Å². The normalized spacial score (nSPS) is 10.3. The van der Waals surface area contributed by atoms with Gasteiger partial charge in [0.1, 0.15) is 5.82 Å². The lowest BCUT2D eigenvalue weighted by Gasteiger charge is -2.07. The largest absolute Gasteiger partial charge is 0.384 e. The molecule has 1 nitrogen and oxygen atoms in total. The van der Waals surface area contributed by atoms with Gasteiger partial charge in [-0.25, -0.2) is 4.39 Å². The third-order valence-corrected chi connectivity index (χ3v) is 3.63. The highest BCUT2D eigenvalue weighted by Crippen LogP contribution is 2.20. The van der Waals surface area contributed by atoms with Crippen LogP contribution < -0.4 is 5.32 Å². The van der Waals surface area contributed by atoms with Gasteiger partial charge in [0.05, 0.1) is 0 Å². The van der Waals surface area contributed by atoms with Crippen LogP contribution in [0.2, 0.25) is 0 Å². The summed E-state index contributed by atoms with van der Waals surface area (Å²) in [5.74, 6) is 0.701. The van der Waals surface area contributed by atoms with Crippen molar-refractivity contribution in [2.75, 3.05) is 17.6 Å². The first-order chi connectivity index (χ1) is 8.75. The zero-order valence-corrected chi connectivity index (χ0v) is 11.1. The molecule has 2 rings (SSSR count). The lowest BCUT2D eigenvalue weighted by molar-refractivity contribution is 0.602. The van der Waals surface area contributed by atoms with Gasteiger partial charge in [0.2, 0.25) is 0 Å². The van der Waals surface area contributed by atoms with Gasteiger partial charge in [-0.15, -0.1) is 11.8 Å². The molecule has 0 bridgehead atoms. The zero-order valence-electron chi connectivity index (χ0n) is 10.3. The molecule has 2 aromatic carbocycles. The Bertz CT molecular complexity index is 496. The average molecular weight is 261 g/mol. The van der Waals surface area contributed by atoms with E-state index in [0.29, 0.717) is 4.90 Å². The van der Waals surface area contributed by atoms with Crippen molar-refractivity contribution in [1.29, 1.82) is 0 Å². The van der Waals surface area contributed by atoms with E-state index in [1.165, 1.54) is 23.4 Å². The van der Waals surface area contributed by atoms with Crippen molar-refractivity contribution in [1.82, 2.24) is 0 Å². The highest BCUT2D eigenvalue weighted by Gasteiger charge is 2.00. The van der Waals surface area contributed by atoms with Crippen LogP contribution in [0.5, 0.6) is 0 Å². The monoisotopic (exact) mass is 261 g/mol. The lowest BCUT2D eigenvalue weighted by Crippen LogP contribution is -2.03. The van der Waals surface area contributed by atoms with Crippen LogP contribution in [0.15, 0.2) is 53.4 Å². The molecule has 0 amide bonds. The molecule has 0 saturated heterocycles. The summed E-state index contributed by atoms with van der Waals surface area (Å²) in [6.07, 6.45) is 0. The molecule has 2 aromatic rings. The van der Waals surface area contributed by atoms with Gasteiger partial charge in [0.15, 0.2) is 0 Å². The molecule has 0 aliphatic heterocycles. The van der Waals surface area contributed by atoms with Crippen LogP contribution in [0.3, 0.4) is 0 Å². The van der Waals surface area contributed by atoms with Crippen LogP contribution in [0, 0.1) is 12.7 Å². The molecule has 0 heterocycles. The van der Waals surface area contributed by atoms with E-state index in [-0.39, 0.29) is 5.82 Å². The number of aryl methyl sites for hydroxylation is 1. The van der Waals surface area contributed by atoms with Crippen LogP contribution in [-0.4, -0.2) is 12.3 Å². The summed E-state index contributed by atoms with van der Waals surface area (Å²) in [4.78, 5) is 0.711. The summed E-state index contributed by atoms with van der Waals surface area (Å²) in [6, 6.07) is 15.1. The van der Waals surface area contributed by atoms with Gasteiger partial charge in [-0.2, -0.15) is 0 Å². The molecular weight excluding hydrogens is 245 g/mol. The first kappa shape index (κ1) is 13.0. The van der Waals surface area contributed by atoms with Gasteiger partial charge in [-0.1, -0.05) is 29.8 Å². The predicted molar refractivity (Wildman–Crippen MR) is 76.8 cm³/mol. The van der Waals surface area contributed by atoms with Crippen LogP contribution in [0.4, 0.5) is 10.1 Å². The van der Waals surface area contributed by atoms with Crippen LogP contribution in [0.25, 0.3) is 0 Å². The smallest absolute Gasteiger partial charge is 0.136 e. The van der Waals surface area contributed by atoms with E-state index in [0.717, 1.165) is 18.0 Å². The lowest BCUT2D eigenvalue weighted by atomic mass is 10.2. The summed E-state index contributed by atoms with van der Waals surface area (Å²) in [7, 11) is 0. The Morgan fingerprint density at radius 1 is 1.06 bits per heavy atom. The maximum atomic E-state index is 13.3. The van der Waals surface area contributed by atoms with Gasteiger partial charge in [0, 0.05) is 22.9 Å². The molecule has 0 aliphatic rings. The molecule has 0 radical (unpaired) electrons. The van der Waals surface area contributed by atoms with E-state index in [4.69, 9.17) is 0 Å². The summed E-state index contributed by atoms with van der Waals surface area (Å²) in [5.41, 5.74) is 2.36. The van der Waals surface area contributed by atoms with Crippen molar-refractivity contribution in [2.24, 2.45) is 0 Å². The molecule has 0 saturated carbocycles. The number of benzene rings is 2. The third kappa shape index (κ3) is 3.77. The highest BCUT2D eigenvalue weighted by atomic mass is 32.2. The van der Waals surface area contributed by atoms with Gasteiger partial charge >= 0.3 is 0 Å². The Kier molecular flexibility index (Phi) is 4.65. The van der Waals surface area contributed by atoms with Crippen molar-refractivity contribution in [3.05, 3.63) is 59.9 Å². The van der Waals surface area contributed by atoms with Crippen molar-refractivity contribution in [2.45, 2.75) is 11.8 Å². The SMILES string of the molecule is Cc1ccc(NCCSc2ccccc2F)cc1. The minimum Gasteiger partial charge on any atom is -0.384 e. The van der Waals surface area contributed by atoms with Crippen LogP contribution in [-0.2, 0) is 0 Å². The van der Waals surface area contributed by atoms with Crippen LogP contribution >= 0.6 is 11.8 Å². The Balaban J connectivity index is 1.76. The second-order valence-electron chi connectivity index (χ2n) is 4.07. The van der Waals surface area contributed by atoms with Gasteiger partial charge in [-0.05, 0) is 31.2 Å². The van der Waals surface area contributed by atoms with E-state index in [1.54, 1.807) is 6.07 Å². The second-order valence-corrected chi connectivity index (χ2v) is 5.21. The van der Waals surface area contributed by atoms with E-state index in [9.17, 15) is 4.39 Å². The number of thioether (sulfide) groups is 1. The van der Waals surface area contributed by atoms with E-state index in [1.807, 2.05) is 12.1 Å². The average Bonchev–Trinajstić information content (AvgIpc) is 2.39. The molecular formula is C15H16FNS. The molecule has 0 aromatic heterocycles. The molecule has 0 unspecified atom stereocenters.